The van der Waals surface area contributed by atoms with E-state index >= 15 is 0 Å². The van der Waals surface area contributed by atoms with Crippen molar-refractivity contribution < 1.29 is 12.8 Å². The maximum absolute atomic E-state index is 13.0. The molecule has 2 rings (SSSR count). The van der Waals surface area contributed by atoms with Crippen LogP contribution < -0.4 is 10.5 Å². The number of nitrogens with one attached hydrogen (secondary N) is 1. The molecule has 2 aromatic carbocycles. The monoisotopic (exact) mass is 358 g/mol. The lowest BCUT2D eigenvalue weighted by Gasteiger charge is -2.10. The SMILES string of the molecule is NCc1cccc(NS(=O)(=O)c2ccc(F)cc2Br)c1. The molecule has 0 heterocycles. The minimum Gasteiger partial charge on any atom is -0.326 e. The van der Waals surface area contributed by atoms with Gasteiger partial charge in [-0.2, -0.15) is 0 Å². The number of halogens is 2. The topological polar surface area (TPSA) is 72.2 Å². The van der Waals surface area contributed by atoms with Gasteiger partial charge in [0.15, 0.2) is 0 Å². The first-order valence-corrected chi connectivity index (χ1v) is 7.97. The minimum absolute atomic E-state index is 0.0305. The molecule has 0 aliphatic carbocycles. The van der Waals surface area contributed by atoms with Gasteiger partial charge in [0.1, 0.15) is 10.7 Å². The summed E-state index contributed by atoms with van der Waals surface area (Å²) in [6, 6.07) is 10.2. The van der Waals surface area contributed by atoms with Gasteiger partial charge in [0.25, 0.3) is 10.0 Å². The number of nitrogens with two attached hydrogens (primary N) is 1. The highest BCUT2D eigenvalue weighted by molar-refractivity contribution is 9.10. The van der Waals surface area contributed by atoms with Gasteiger partial charge in [0, 0.05) is 16.7 Å². The standard InChI is InChI=1S/C13H12BrFN2O2S/c14-12-7-10(15)4-5-13(12)20(18,19)17-11-3-1-2-9(6-11)8-16/h1-7,17H,8,16H2. The third-order valence-electron chi connectivity index (χ3n) is 2.60. The smallest absolute Gasteiger partial charge is 0.263 e. The van der Waals surface area contributed by atoms with Crippen LogP contribution >= 0.6 is 15.9 Å². The zero-order chi connectivity index (χ0) is 14.8. The molecule has 0 radical (unpaired) electrons. The number of sulfonamides is 1. The van der Waals surface area contributed by atoms with Crippen LogP contribution in [0.25, 0.3) is 0 Å². The summed E-state index contributed by atoms with van der Waals surface area (Å²) in [6.07, 6.45) is 0. The molecule has 3 N–H and O–H groups in total. The van der Waals surface area contributed by atoms with Crippen LogP contribution in [0.2, 0.25) is 0 Å². The fourth-order valence-corrected chi connectivity index (χ4v) is 3.77. The van der Waals surface area contributed by atoms with E-state index in [0.717, 1.165) is 17.7 Å². The highest BCUT2D eigenvalue weighted by Crippen LogP contribution is 2.25. The molecule has 106 valence electrons. The van der Waals surface area contributed by atoms with E-state index in [1.807, 2.05) is 0 Å². The van der Waals surface area contributed by atoms with Gasteiger partial charge in [-0.15, -0.1) is 0 Å². The summed E-state index contributed by atoms with van der Waals surface area (Å²) in [5, 5.41) is 0. The Morgan fingerprint density at radius 2 is 1.95 bits per heavy atom. The summed E-state index contributed by atoms with van der Waals surface area (Å²) < 4.78 is 40.1. The summed E-state index contributed by atoms with van der Waals surface area (Å²) in [7, 11) is -3.79. The molecular formula is C13H12BrFN2O2S. The molecule has 0 bridgehead atoms. The Balaban J connectivity index is 2.35. The molecule has 0 aliphatic heterocycles. The first-order valence-electron chi connectivity index (χ1n) is 5.69. The second-order valence-corrected chi connectivity index (χ2v) is 6.59. The lowest BCUT2D eigenvalue weighted by atomic mass is 10.2. The van der Waals surface area contributed by atoms with E-state index in [2.05, 4.69) is 20.7 Å². The molecule has 0 atom stereocenters. The summed E-state index contributed by atoms with van der Waals surface area (Å²) in [6.45, 7) is 0.315. The number of anilines is 1. The van der Waals surface area contributed by atoms with Crippen LogP contribution in [0.4, 0.5) is 10.1 Å². The van der Waals surface area contributed by atoms with Crippen molar-refractivity contribution in [3.63, 3.8) is 0 Å². The van der Waals surface area contributed by atoms with E-state index < -0.39 is 15.8 Å². The average molecular weight is 359 g/mol. The van der Waals surface area contributed by atoms with Crippen molar-refractivity contribution in [3.05, 3.63) is 58.3 Å². The maximum Gasteiger partial charge on any atom is 0.263 e. The van der Waals surface area contributed by atoms with Gasteiger partial charge in [-0.25, -0.2) is 12.8 Å². The van der Waals surface area contributed by atoms with Gasteiger partial charge < -0.3 is 5.73 Å². The van der Waals surface area contributed by atoms with Crippen LogP contribution in [0.1, 0.15) is 5.56 Å². The Morgan fingerprint density at radius 3 is 2.60 bits per heavy atom. The highest BCUT2D eigenvalue weighted by atomic mass is 79.9. The Kier molecular flexibility index (Phi) is 4.42. The van der Waals surface area contributed by atoms with Gasteiger partial charge in [-0.05, 0) is 51.8 Å². The summed E-state index contributed by atoms with van der Waals surface area (Å²) in [5.74, 6) is -0.513. The number of rotatable bonds is 4. The Hall–Kier alpha value is -1.44. The molecule has 0 amide bonds. The predicted octanol–water partition coefficient (Wildman–Crippen LogP) is 2.85. The van der Waals surface area contributed by atoms with E-state index in [1.165, 1.54) is 6.07 Å². The molecule has 2 aromatic rings. The van der Waals surface area contributed by atoms with Crippen LogP contribution in [-0.4, -0.2) is 8.42 Å². The van der Waals surface area contributed by atoms with Crippen LogP contribution in [0, 0.1) is 5.82 Å². The summed E-state index contributed by atoms with van der Waals surface area (Å²) in [5.41, 5.74) is 6.72. The van der Waals surface area contributed by atoms with Crippen molar-refractivity contribution in [2.75, 3.05) is 4.72 Å². The van der Waals surface area contributed by atoms with E-state index in [9.17, 15) is 12.8 Å². The van der Waals surface area contributed by atoms with Gasteiger partial charge in [0.05, 0.1) is 0 Å². The molecule has 0 spiro atoms. The fourth-order valence-electron chi connectivity index (χ4n) is 1.67. The van der Waals surface area contributed by atoms with E-state index in [0.29, 0.717) is 12.2 Å². The third-order valence-corrected chi connectivity index (χ3v) is 4.96. The van der Waals surface area contributed by atoms with E-state index in [4.69, 9.17) is 5.73 Å². The molecule has 0 aliphatic rings. The second-order valence-electron chi connectivity index (χ2n) is 4.08. The van der Waals surface area contributed by atoms with E-state index in [-0.39, 0.29) is 9.37 Å². The number of hydrogen-bond acceptors (Lipinski definition) is 3. The molecule has 7 heteroatoms. The predicted molar refractivity (Wildman–Crippen MR) is 79.2 cm³/mol. The summed E-state index contributed by atoms with van der Waals surface area (Å²) >= 11 is 3.05. The molecule has 0 fully saturated rings. The molecule has 0 saturated heterocycles. The van der Waals surface area contributed by atoms with Crippen LogP contribution in [0.15, 0.2) is 51.8 Å². The lowest BCUT2D eigenvalue weighted by Crippen LogP contribution is -2.14. The Morgan fingerprint density at radius 1 is 1.20 bits per heavy atom. The number of hydrogen-bond donors (Lipinski definition) is 2. The molecule has 0 saturated carbocycles. The van der Waals surface area contributed by atoms with Gasteiger partial charge in [-0.1, -0.05) is 12.1 Å². The van der Waals surface area contributed by atoms with E-state index in [1.54, 1.807) is 24.3 Å². The van der Waals surface area contributed by atoms with Crippen molar-refractivity contribution in [2.45, 2.75) is 11.4 Å². The molecular weight excluding hydrogens is 347 g/mol. The zero-order valence-corrected chi connectivity index (χ0v) is 12.7. The Bertz CT molecular complexity index is 735. The molecule has 20 heavy (non-hydrogen) atoms. The van der Waals surface area contributed by atoms with Crippen molar-refractivity contribution >= 4 is 31.6 Å². The maximum atomic E-state index is 13.0. The quantitative estimate of drug-likeness (QED) is 0.882. The normalized spacial score (nSPS) is 11.3. The first-order chi connectivity index (χ1) is 9.42. The third kappa shape index (κ3) is 3.36. The van der Waals surface area contributed by atoms with Crippen LogP contribution in [0.5, 0.6) is 0 Å². The molecule has 4 nitrogen and oxygen atoms in total. The lowest BCUT2D eigenvalue weighted by molar-refractivity contribution is 0.599. The first kappa shape index (κ1) is 15.0. The van der Waals surface area contributed by atoms with Crippen molar-refractivity contribution in [2.24, 2.45) is 5.73 Å². The Labute approximate surface area is 125 Å². The van der Waals surface area contributed by atoms with Crippen LogP contribution in [0.3, 0.4) is 0 Å². The zero-order valence-electron chi connectivity index (χ0n) is 10.3. The molecule has 0 aromatic heterocycles. The number of benzene rings is 2. The van der Waals surface area contributed by atoms with Gasteiger partial charge in [-0.3, -0.25) is 4.72 Å². The van der Waals surface area contributed by atoms with Crippen molar-refractivity contribution in [3.8, 4) is 0 Å². The van der Waals surface area contributed by atoms with Crippen molar-refractivity contribution in [1.82, 2.24) is 0 Å². The highest BCUT2D eigenvalue weighted by Gasteiger charge is 2.18. The minimum atomic E-state index is -3.79. The fraction of sp³-hybridized carbons (Fsp3) is 0.0769. The van der Waals surface area contributed by atoms with Crippen molar-refractivity contribution in [1.29, 1.82) is 0 Å². The average Bonchev–Trinajstić information content (AvgIpc) is 2.37. The molecule has 0 unspecified atom stereocenters. The summed E-state index contributed by atoms with van der Waals surface area (Å²) in [4.78, 5) is -0.0305. The van der Waals surface area contributed by atoms with Crippen LogP contribution in [-0.2, 0) is 16.6 Å². The second kappa shape index (κ2) is 5.90. The van der Waals surface area contributed by atoms with Gasteiger partial charge >= 0.3 is 0 Å². The largest absolute Gasteiger partial charge is 0.326 e. The van der Waals surface area contributed by atoms with Gasteiger partial charge in [0.2, 0.25) is 0 Å².